The van der Waals surface area contributed by atoms with Crippen LogP contribution in [0.3, 0.4) is 0 Å². The first kappa shape index (κ1) is 35.5. The second-order valence-electron chi connectivity index (χ2n) is 10.6. The van der Waals surface area contributed by atoms with E-state index >= 15 is 0 Å². The van der Waals surface area contributed by atoms with E-state index in [2.05, 4.69) is 26.3 Å². The monoisotopic (exact) mass is 592 g/mol. The number of nitrogens with two attached hydrogens (primary N) is 3. The number of hydrogen-bond donors (Lipinski definition) is 8. The van der Waals surface area contributed by atoms with Crippen molar-refractivity contribution in [3.63, 3.8) is 0 Å². The zero-order valence-corrected chi connectivity index (χ0v) is 24.4. The van der Waals surface area contributed by atoms with Crippen LogP contribution in [0.5, 0.6) is 0 Å². The number of benzene rings is 1. The normalized spacial score (nSPS) is 13.0. The minimum absolute atomic E-state index is 0.0829. The van der Waals surface area contributed by atoms with Gasteiger partial charge in [-0.2, -0.15) is 0 Å². The van der Waals surface area contributed by atoms with Crippen molar-refractivity contribution in [3.8, 4) is 0 Å². The second-order valence-corrected chi connectivity index (χ2v) is 10.6. The number of rotatable bonds is 17. The highest BCUT2D eigenvalue weighted by atomic mass is 16.6. The van der Waals surface area contributed by atoms with Crippen molar-refractivity contribution in [3.05, 3.63) is 35.9 Å². The smallest absolute Gasteiger partial charge is 0.408 e. The Bertz CT molecular complexity index is 1070. The molecule has 0 spiro atoms. The standard InChI is InChI=1S/C27H44N8O7/c1-27(2,3)42-26(41)35-19(13-9-15-31-24(29)30)22(37)34-20(16-17-10-5-4-6-11-17)23(38)33-18(21(28)36)12-7-8-14-32-25(39)40/h4-6,10-11,18-20,32H,7-9,12-16H2,1-3H3,(H2,28,36)(H,33,38)(H,34,37)(H,35,41)(H,39,40)(H4,29,30,31)/t18-,19+,20-/m0/s1. The Hall–Kier alpha value is -4.56. The number of alkyl carbamates (subject to hydrolysis) is 1. The van der Waals surface area contributed by atoms with Gasteiger partial charge in [0, 0.05) is 19.5 Å². The topological polar surface area (TPSA) is 253 Å². The highest BCUT2D eigenvalue weighted by molar-refractivity contribution is 5.93. The van der Waals surface area contributed by atoms with Gasteiger partial charge in [0.2, 0.25) is 17.7 Å². The maximum absolute atomic E-state index is 13.4. The van der Waals surface area contributed by atoms with E-state index in [-0.39, 0.29) is 38.3 Å². The van der Waals surface area contributed by atoms with Gasteiger partial charge in [0.25, 0.3) is 0 Å². The number of primary amides is 1. The van der Waals surface area contributed by atoms with E-state index in [1.807, 2.05) is 0 Å². The zero-order chi connectivity index (χ0) is 31.7. The molecule has 0 fully saturated rings. The van der Waals surface area contributed by atoms with Gasteiger partial charge < -0.3 is 48.3 Å². The van der Waals surface area contributed by atoms with Gasteiger partial charge in [-0.05, 0) is 58.4 Å². The predicted molar refractivity (Wildman–Crippen MR) is 156 cm³/mol. The third kappa shape index (κ3) is 15.9. The van der Waals surface area contributed by atoms with Crippen LogP contribution in [0.1, 0.15) is 58.4 Å². The zero-order valence-electron chi connectivity index (χ0n) is 24.4. The van der Waals surface area contributed by atoms with Gasteiger partial charge in [-0.1, -0.05) is 30.3 Å². The molecular weight excluding hydrogens is 548 g/mol. The van der Waals surface area contributed by atoms with E-state index in [1.54, 1.807) is 51.1 Å². The highest BCUT2D eigenvalue weighted by Gasteiger charge is 2.30. The lowest BCUT2D eigenvalue weighted by molar-refractivity contribution is -0.132. The van der Waals surface area contributed by atoms with Crippen LogP contribution in [0, 0.1) is 0 Å². The molecule has 1 aromatic carbocycles. The quantitative estimate of drug-likeness (QED) is 0.0691. The number of carbonyl (C=O) groups is 5. The molecule has 15 nitrogen and oxygen atoms in total. The van der Waals surface area contributed by atoms with Gasteiger partial charge in [-0.15, -0.1) is 0 Å². The molecule has 0 aliphatic heterocycles. The average molecular weight is 593 g/mol. The Labute approximate surface area is 245 Å². The number of hydrogen-bond acceptors (Lipinski definition) is 7. The Kier molecular flexibility index (Phi) is 15.2. The summed E-state index contributed by atoms with van der Waals surface area (Å²) in [6.45, 7) is 5.42. The number of aliphatic imine (C=N–C) groups is 1. The van der Waals surface area contributed by atoms with Gasteiger partial charge in [0.05, 0.1) is 0 Å². The third-order valence-electron chi connectivity index (χ3n) is 5.72. The largest absolute Gasteiger partial charge is 0.465 e. The summed E-state index contributed by atoms with van der Waals surface area (Å²) in [7, 11) is 0. The predicted octanol–water partition coefficient (Wildman–Crippen LogP) is 0.0688. The fourth-order valence-electron chi connectivity index (χ4n) is 3.78. The van der Waals surface area contributed by atoms with Crippen LogP contribution in [0.15, 0.2) is 35.3 Å². The first-order valence-corrected chi connectivity index (χ1v) is 13.6. The SMILES string of the molecule is CC(C)(C)OC(=O)N[C@H](CCCN=C(N)N)C(=O)N[C@@H](Cc1ccccc1)C(=O)N[C@@H](CCCCNC(=O)O)C(N)=O. The summed E-state index contributed by atoms with van der Waals surface area (Å²) in [6, 6.07) is 5.65. The van der Waals surface area contributed by atoms with Crippen molar-refractivity contribution in [2.75, 3.05) is 13.1 Å². The van der Waals surface area contributed by atoms with Crippen molar-refractivity contribution >= 4 is 35.9 Å². The van der Waals surface area contributed by atoms with Crippen molar-refractivity contribution in [2.24, 2.45) is 22.2 Å². The lowest BCUT2D eigenvalue weighted by Gasteiger charge is -2.26. The van der Waals surface area contributed by atoms with Crippen LogP contribution in [0.25, 0.3) is 0 Å². The van der Waals surface area contributed by atoms with E-state index in [4.69, 9.17) is 27.0 Å². The first-order valence-electron chi connectivity index (χ1n) is 13.6. The molecule has 0 bridgehead atoms. The molecule has 5 amide bonds. The summed E-state index contributed by atoms with van der Waals surface area (Å²) >= 11 is 0. The maximum atomic E-state index is 13.4. The number of carbonyl (C=O) groups excluding carboxylic acids is 4. The van der Waals surface area contributed by atoms with Gasteiger partial charge in [0.15, 0.2) is 5.96 Å². The van der Waals surface area contributed by atoms with Crippen LogP contribution in [0.4, 0.5) is 9.59 Å². The highest BCUT2D eigenvalue weighted by Crippen LogP contribution is 2.10. The molecule has 3 atom stereocenters. The van der Waals surface area contributed by atoms with Crippen molar-refractivity contribution in [2.45, 2.75) is 83.0 Å². The molecule has 0 saturated carbocycles. The third-order valence-corrected chi connectivity index (χ3v) is 5.72. The van der Waals surface area contributed by atoms with E-state index in [0.29, 0.717) is 19.3 Å². The summed E-state index contributed by atoms with van der Waals surface area (Å²) < 4.78 is 5.29. The summed E-state index contributed by atoms with van der Waals surface area (Å²) in [5.74, 6) is -2.20. The number of carboxylic acid groups (broad SMARTS) is 1. The second kappa shape index (κ2) is 18.0. The van der Waals surface area contributed by atoms with Crippen LogP contribution >= 0.6 is 0 Å². The van der Waals surface area contributed by atoms with Gasteiger partial charge in [0.1, 0.15) is 23.7 Å². The van der Waals surface area contributed by atoms with Crippen LogP contribution in [-0.2, 0) is 25.5 Å². The Morgan fingerprint density at radius 2 is 1.45 bits per heavy atom. The number of unbranched alkanes of at least 4 members (excludes halogenated alkanes) is 1. The molecule has 0 saturated heterocycles. The molecule has 0 radical (unpaired) electrons. The molecule has 0 unspecified atom stereocenters. The van der Waals surface area contributed by atoms with Crippen LogP contribution in [-0.4, -0.2) is 77.8 Å². The fourth-order valence-corrected chi connectivity index (χ4v) is 3.78. The minimum Gasteiger partial charge on any atom is -0.465 e. The minimum atomic E-state index is -1.16. The molecule has 0 aliphatic rings. The average Bonchev–Trinajstić information content (AvgIpc) is 2.88. The number of guanidine groups is 1. The summed E-state index contributed by atoms with van der Waals surface area (Å²) in [4.78, 5) is 65.8. The van der Waals surface area contributed by atoms with Gasteiger partial charge in [-0.25, -0.2) is 9.59 Å². The fraction of sp³-hybridized carbons (Fsp3) is 0.556. The number of amides is 5. The molecule has 1 rings (SSSR count). The number of nitrogens with zero attached hydrogens (tertiary/aromatic N) is 1. The van der Waals surface area contributed by atoms with Crippen molar-refractivity contribution < 1.29 is 33.8 Å². The van der Waals surface area contributed by atoms with E-state index in [1.165, 1.54) is 0 Å². The molecule has 42 heavy (non-hydrogen) atoms. The molecule has 234 valence electrons. The Balaban J connectivity index is 3.08. The molecular formula is C27H44N8O7. The maximum Gasteiger partial charge on any atom is 0.408 e. The lowest BCUT2D eigenvalue weighted by Crippen LogP contribution is -2.57. The molecule has 11 N–H and O–H groups in total. The van der Waals surface area contributed by atoms with Gasteiger partial charge >= 0.3 is 12.2 Å². The van der Waals surface area contributed by atoms with Crippen LogP contribution in [0.2, 0.25) is 0 Å². The molecule has 1 aromatic rings. The molecule has 0 aromatic heterocycles. The first-order chi connectivity index (χ1) is 19.7. The number of nitrogens with one attached hydrogen (secondary N) is 4. The molecule has 0 heterocycles. The van der Waals surface area contributed by atoms with E-state index in [9.17, 15) is 24.0 Å². The Morgan fingerprint density at radius 3 is 2.02 bits per heavy atom. The van der Waals surface area contributed by atoms with Crippen molar-refractivity contribution in [1.29, 1.82) is 0 Å². The van der Waals surface area contributed by atoms with Crippen LogP contribution < -0.4 is 38.5 Å². The summed E-state index contributed by atoms with van der Waals surface area (Å²) in [5, 5.41) is 18.7. The molecule has 15 heteroatoms. The van der Waals surface area contributed by atoms with E-state index < -0.39 is 53.6 Å². The summed E-state index contributed by atoms with van der Waals surface area (Å²) in [5.41, 5.74) is 16.2. The van der Waals surface area contributed by atoms with Crippen molar-refractivity contribution in [1.82, 2.24) is 21.3 Å². The van der Waals surface area contributed by atoms with E-state index in [0.717, 1.165) is 5.56 Å². The lowest BCUT2D eigenvalue weighted by atomic mass is 10.0. The molecule has 0 aliphatic carbocycles. The summed E-state index contributed by atoms with van der Waals surface area (Å²) in [6.07, 6.45) is -0.431. The Morgan fingerprint density at radius 1 is 0.857 bits per heavy atom. The number of ether oxygens (including phenoxy) is 1. The van der Waals surface area contributed by atoms with Gasteiger partial charge in [-0.3, -0.25) is 19.4 Å².